The number of rotatable bonds is 21. The van der Waals surface area contributed by atoms with Crippen molar-refractivity contribution in [1.82, 2.24) is 13.7 Å². The van der Waals surface area contributed by atoms with E-state index in [0.717, 1.165) is 96.7 Å². The van der Waals surface area contributed by atoms with Crippen LogP contribution in [0.1, 0.15) is 115 Å². The third-order valence-electron chi connectivity index (χ3n) is 8.57. The van der Waals surface area contributed by atoms with Crippen molar-refractivity contribution in [1.29, 1.82) is 0 Å². The van der Waals surface area contributed by atoms with Crippen LogP contribution in [0, 0.1) is 20.8 Å². The van der Waals surface area contributed by atoms with Crippen molar-refractivity contribution in [2.45, 2.75) is 138 Å². The number of unbranched alkanes of at least 4 members (excludes halogenated alkanes) is 9. The molecule has 0 N–H and O–H groups in total. The summed E-state index contributed by atoms with van der Waals surface area (Å²) in [6.07, 6.45) is 18.5. The Bertz CT molecular complexity index is 1380. The Kier molecular flexibility index (Phi) is 16.1. The zero-order valence-corrected chi connectivity index (χ0v) is 32.2. The molecule has 9 nitrogen and oxygen atoms in total. The molecule has 0 aliphatic heterocycles. The van der Waals surface area contributed by atoms with Gasteiger partial charge in [-0.25, -0.2) is 0 Å². The van der Waals surface area contributed by atoms with Gasteiger partial charge in [0.05, 0.1) is 0 Å². The number of pyridine rings is 3. The van der Waals surface area contributed by atoms with Gasteiger partial charge >= 0.3 is 285 Å². The number of aromatic nitrogens is 3. The van der Waals surface area contributed by atoms with Gasteiger partial charge in [0.25, 0.3) is 0 Å². The van der Waals surface area contributed by atoms with E-state index in [2.05, 4.69) is 20.8 Å². The molecule has 0 spiro atoms. The summed E-state index contributed by atoms with van der Waals surface area (Å²) in [7, 11) is 0. The van der Waals surface area contributed by atoms with Crippen molar-refractivity contribution in [3.05, 3.63) is 84.5 Å². The van der Waals surface area contributed by atoms with Gasteiger partial charge in [0, 0.05) is 0 Å². The molecule has 252 valence electrons. The third kappa shape index (κ3) is 10.8. The Hall–Kier alpha value is -2.88. The molecule has 46 heavy (non-hydrogen) atoms. The summed E-state index contributed by atoms with van der Waals surface area (Å²) >= 11 is -4.34. The van der Waals surface area contributed by atoms with Crippen LogP contribution in [0.4, 0.5) is 0 Å². The van der Waals surface area contributed by atoms with Gasteiger partial charge < -0.3 is 0 Å². The standard InChI is InChI=1S/3C12H19NO2.In/c3*1-3-4-5-6-8-13-9-7-11(14)12(15)10(13)2;/h3*7,9,15H,3-6,8H2,1-2H3;/q;;;+3/p-3. The minimum absolute atomic E-state index is 0.153. The Labute approximate surface area is 283 Å². The van der Waals surface area contributed by atoms with Crippen molar-refractivity contribution in [2.24, 2.45) is 0 Å². The van der Waals surface area contributed by atoms with Gasteiger partial charge in [0.15, 0.2) is 0 Å². The molecule has 0 aliphatic carbocycles. The van der Waals surface area contributed by atoms with Crippen LogP contribution in [-0.4, -0.2) is 36.4 Å². The molecule has 3 rings (SSSR count). The SMILES string of the molecule is CCCCCCn1ccc(=O)c([O][In]([O]c2c(C)n(CCCCCC)ccc2=O)[O]c2c(C)n(CCCCCC)ccc2=O)c1C. The Morgan fingerprint density at radius 3 is 1.02 bits per heavy atom. The second-order valence-corrected chi connectivity index (χ2v) is 15.9. The topological polar surface area (TPSA) is 93.7 Å². The van der Waals surface area contributed by atoms with Crippen LogP contribution in [0.25, 0.3) is 0 Å². The maximum absolute atomic E-state index is 13.2. The average Bonchev–Trinajstić information content (AvgIpc) is 3.04. The third-order valence-corrected chi connectivity index (χ3v) is 12.2. The Balaban J connectivity index is 2.00. The van der Waals surface area contributed by atoms with E-state index in [1.807, 2.05) is 34.5 Å². The molecule has 3 aromatic rings. The number of hydrogen-bond acceptors (Lipinski definition) is 6. The fraction of sp³-hybridized carbons (Fsp3) is 0.583. The van der Waals surface area contributed by atoms with E-state index in [-0.39, 0.29) is 33.5 Å². The van der Waals surface area contributed by atoms with Crippen LogP contribution < -0.4 is 24.8 Å². The zero-order chi connectivity index (χ0) is 33.5. The van der Waals surface area contributed by atoms with E-state index in [1.165, 1.54) is 18.2 Å². The van der Waals surface area contributed by atoms with E-state index >= 15 is 0 Å². The first kappa shape index (κ1) is 37.6. The predicted molar refractivity (Wildman–Crippen MR) is 186 cm³/mol. The van der Waals surface area contributed by atoms with Crippen LogP contribution in [0.15, 0.2) is 51.2 Å². The summed E-state index contributed by atoms with van der Waals surface area (Å²) in [4.78, 5) is 39.5. The first-order chi connectivity index (χ1) is 22.2. The van der Waals surface area contributed by atoms with Gasteiger partial charge in [-0.1, -0.05) is 0 Å². The van der Waals surface area contributed by atoms with Gasteiger partial charge in [0.1, 0.15) is 0 Å². The molecule has 0 fully saturated rings. The molecule has 3 aromatic heterocycles. The predicted octanol–water partition coefficient (Wildman–Crippen LogP) is 7.36. The molecule has 0 saturated carbocycles. The van der Waals surface area contributed by atoms with Crippen LogP contribution >= 0.6 is 0 Å². The normalized spacial score (nSPS) is 11.1. The van der Waals surface area contributed by atoms with Crippen LogP contribution in [0.2, 0.25) is 0 Å². The van der Waals surface area contributed by atoms with Gasteiger partial charge in [-0.2, -0.15) is 0 Å². The molecule has 0 radical (unpaired) electrons. The monoisotopic (exact) mass is 739 g/mol. The van der Waals surface area contributed by atoms with Crippen molar-refractivity contribution in [3.63, 3.8) is 0 Å². The summed E-state index contributed by atoms with van der Waals surface area (Å²) in [5.74, 6) is 0.460. The minimum atomic E-state index is -4.34. The second-order valence-electron chi connectivity index (χ2n) is 12.2. The first-order valence-corrected chi connectivity index (χ1v) is 21.3. The van der Waals surface area contributed by atoms with E-state index in [1.54, 1.807) is 18.6 Å². The molecule has 0 unspecified atom stereocenters. The van der Waals surface area contributed by atoms with E-state index in [4.69, 9.17) is 8.56 Å². The molecule has 0 saturated heterocycles. The van der Waals surface area contributed by atoms with E-state index < -0.39 is 22.7 Å². The summed E-state index contributed by atoms with van der Waals surface area (Å²) < 4.78 is 25.3. The summed E-state index contributed by atoms with van der Waals surface area (Å²) in [5, 5.41) is 0. The van der Waals surface area contributed by atoms with Gasteiger partial charge in [-0.05, 0) is 0 Å². The van der Waals surface area contributed by atoms with Crippen molar-refractivity contribution < 1.29 is 8.56 Å². The van der Waals surface area contributed by atoms with Crippen molar-refractivity contribution >= 4 is 22.7 Å². The van der Waals surface area contributed by atoms with Crippen LogP contribution in [-0.2, 0) is 19.6 Å². The number of aryl methyl sites for hydroxylation is 3. The molecule has 10 heteroatoms. The average molecular weight is 740 g/mol. The van der Waals surface area contributed by atoms with Gasteiger partial charge in [-0.3, -0.25) is 0 Å². The van der Waals surface area contributed by atoms with Crippen LogP contribution in [0.3, 0.4) is 0 Å². The second kappa shape index (κ2) is 19.7. The molecule has 3 heterocycles. The molecular weight excluding hydrogens is 685 g/mol. The van der Waals surface area contributed by atoms with E-state index in [9.17, 15) is 14.4 Å². The molecule has 0 atom stereocenters. The van der Waals surface area contributed by atoms with E-state index in [0.29, 0.717) is 17.1 Å². The number of hydrogen-bond donors (Lipinski definition) is 0. The molecule has 0 amide bonds. The quantitative estimate of drug-likeness (QED) is 0.106. The van der Waals surface area contributed by atoms with Crippen molar-refractivity contribution in [2.75, 3.05) is 0 Å². The molecule has 0 aromatic carbocycles. The summed E-state index contributed by atoms with van der Waals surface area (Å²) in [6.45, 7) is 14.4. The number of nitrogens with zero attached hydrogens (tertiary/aromatic N) is 3. The fourth-order valence-electron chi connectivity index (χ4n) is 5.61. The Morgan fingerprint density at radius 2 is 0.761 bits per heavy atom. The summed E-state index contributed by atoms with van der Waals surface area (Å²) in [6, 6.07) is 4.50. The van der Waals surface area contributed by atoms with Crippen molar-refractivity contribution in [3.8, 4) is 17.2 Å². The van der Waals surface area contributed by atoms with Crippen LogP contribution in [0.5, 0.6) is 17.2 Å². The first-order valence-electron chi connectivity index (χ1n) is 17.3. The zero-order valence-electron chi connectivity index (χ0n) is 28.9. The van der Waals surface area contributed by atoms with Gasteiger partial charge in [0.2, 0.25) is 0 Å². The Morgan fingerprint density at radius 1 is 0.478 bits per heavy atom. The molecule has 0 aliphatic rings. The molecule has 0 bridgehead atoms. The molecular formula is C36H54InN3O6. The summed E-state index contributed by atoms with van der Waals surface area (Å²) in [5.41, 5.74) is 1.17. The van der Waals surface area contributed by atoms with Gasteiger partial charge in [-0.15, -0.1) is 0 Å². The fourth-order valence-corrected chi connectivity index (χ4v) is 10.1. The maximum atomic E-state index is 13.2.